The van der Waals surface area contributed by atoms with E-state index in [-0.39, 0.29) is 26.3 Å². The van der Waals surface area contributed by atoms with Crippen LogP contribution in [-0.2, 0) is 0 Å². The predicted octanol–water partition coefficient (Wildman–Crippen LogP) is 0.922. The van der Waals surface area contributed by atoms with Gasteiger partial charge in [0, 0.05) is 13.1 Å². The molecule has 0 fully saturated rings. The summed E-state index contributed by atoms with van der Waals surface area (Å²) in [6, 6.07) is 0.714. The fourth-order valence-electron chi connectivity index (χ4n) is 1.37. The van der Waals surface area contributed by atoms with Crippen molar-refractivity contribution in [2.75, 3.05) is 31.6 Å². The third-order valence-electron chi connectivity index (χ3n) is 2.30. The van der Waals surface area contributed by atoms with E-state index in [2.05, 4.69) is 0 Å². The molecule has 0 aliphatic carbocycles. The number of hydrogen-bond acceptors (Lipinski definition) is 3. The van der Waals surface area contributed by atoms with Crippen LogP contribution >= 0.6 is 0 Å². The smallest absolute Gasteiger partial charge is 0.322 e. The molecule has 1 rings (SSSR count). The molecule has 106 valence electrons. The van der Waals surface area contributed by atoms with Gasteiger partial charge in [-0.2, -0.15) is 0 Å². The normalized spacial score (nSPS) is 10.4. The van der Waals surface area contributed by atoms with Crippen LogP contribution in [-0.4, -0.2) is 47.4 Å². The van der Waals surface area contributed by atoms with Crippen molar-refractivity contribution >= 4 is 11.7 Å². The molecule has 0 atom stereocenters. The third kappa shape index (κ3) is 3.83. The van der Waals surface area contributed by atoms with Crippen LogP contribution in [0.5, 0.6) is 0 Å². The first-order valence-corrected chi connectivity index (χ1v) is 5.42. The highest BCUT2D eigenvalue weighted by Gasteiger charge is 2.18. The number of aliphatic hydroxyl groups is 2. The van der Waals surface area contributed by atoms with Crippen LogP contribution in [0.4, 0.5) is 23.7 Å². The lowest BCUT2D eigenvalue weighted by Crippen LogP contribution is -2.39. The van der Waals surface area contributed by atoms with Gasteiger partial charge < -0.3 is 20.4 Å². The Morgan fingerprint density at radius 1 is 1.11 bits per heavy atom. The molecule has 2 amide bonds. The molecule has 1 aromatic carbocycles. The van der Waals surface area contributed by atoms with Gasteiger partial charge in [-0.3, -0.25) is 0 Å². The van der Waals surface area contributed by atoms with Crippen molar-refractivity contribution in [3.05, 3.63) is 29.6 Å². The molecule has 1 aromatic rings. The zero-order valence-electron chi connectivity index (χ0n) is 9.87. The molecule has 0 saturated heterocycles. The number of carbonyl (C=O) groups is 1. The van der Waals surface area contributed by atoms with Crippen molar-refractivity contribution < 1.29 is 28.2 Å². The lowest BCUT2D eigenvalue weighted by atomic mass is 10.3. The second kappa shape index (κ2) is 6.95. The number of urea groups is 1. The van der Waals surface area contributed by atoms with Gasteiger partial charge in [-0.05, 0) is 12.1 Å². The molecule has 19 heavy (non-hydrogen) atoms. The summed E-state index contributed by atoms with van der Waals surface area (Å²) in [5.74, 6) is -4.56. The van der Waals surface area contributed by atoms with Crippen LogP contribution in [0.25, 0.3) is 0 Å². The summed E-state index contributed by atoms with van der Waals surface area (Å²) < 4.78 is 38.9. The van der Waals surface area contributed by atoms with Crippen molar-refractivity contribution in [2.45, 2.75) is 0 Å². The summed E-state index contributed by atoms with van der Waals surface area (Å²) in [7, 11) is 0. The van der Waals surface area contributed by atoms with E-state index in [1.54, 1.807) is 0 Å². The molecular weight excluding hydrogens is 265 g/mol. The first-order chi connectivity index (χ1) is 9.01. The molecule has 0 heterocycles. The average Bonchev–Trinajstić information content (AvgIpc) is 2.39. The van der Waals surface area contributed by atoms with E-state index in [0.29, 0.717) is 6.07 Å². The molecule has 0 radical (unpaired) electrons. The van der Waals surface area contributed by atoms with E-state index in [0.717, 1.165) is 11.0 Å². The number of aliphatic hydroxyl groups excluding tert-OH is 2. The topological polar surface area (TPSA) is 72.8 Å². The minimum atomic E-state index is -1.69. The molecule has 0 aliphatic rings. The van der Waals surface area contributed by atoms with Gasteiger partial charge in [-0.1, -0.05) is 0 Å². The third-order valence-corrected chi connectivity index (χ3v) is 2.30. The van der Waals surface area contributed by atoms with E-state index in [9.17, 15) is 18.0 Å². The number of benzene rings is 1. The first-order valence-electron chi connectivity index (χ1n) is 5.42. The molecule has 0 aliphatic heterocycles. The van der Waals surface area contributed by atoms with Gasteiger partial charge in [0.2, 0.25) is 0 Å². The molecule has 0 spiro atoms. The number of nitrogens with one attached hydrogen (secondary N) is 1. The van der Waals surface area contributed by atoms with Crippen LogP contribution in [0.1, 0.15) is 0 Å². The highest BCUT2D eigenvalue weighted by atomic mass is 19.2. The summed E-state index contributed by atoms with van der Waals surface area (Å²) in [5, 5.41) is 19.5. The standard InChI is InChI=1S/C11H13F3N2O3/c12-7-1-2-8(10(14)9(7)13)15-11(19)16(3-5-17)4-6-18/h1-2,17-18H,3-6H2,(H,15,19). The van der Waals surface area contributed by atoms with Crippen molar-refractivity contribution in [3.8, 4) is 0 Å². The van der Waals surface area contributed by atoms with Gasteiger partial charge in [0.1, 0.15) is 0 Å². The van der Waals surface area contributed by atoms with Gasteiger partial charge in [0.05, 0.1) is 18.9 Å². The minimum absolute atomic E-state index is 0.0856. The Morgan fingerprint density at radius 2 is 1.68 bits per heavy atom. The predicted molar refractivity (Wildman–Crippen MR) is 61.1 cm³/mol. The quantitative estimate of drug-likeness (QED) is 0.701. The summed E-state index contributed by atoms with van der Waals surface area (Å²) >= 11 is 0. The summed E-state index contributed by atoms with van der Waals surface area (Å²) in [4.78, 5) is 12.7. The molecule has 0 aromatic heterocycles. The van der Waals surface area contributed by atoms with E-state index in [1.807, 2.05) is 5.32 Å². The molecule has 8 heteroatoms. The second-order valence-electron chi connectivity index (χ2n) is 3.59. The summed E-state index contributed by atoms with van der Waals surface area (Å²) in [6.45, 7) is -0.878. The Bertz CT molecular complexity index is 451. The number of nitrogens with zero attached hydrogens (tertiary/aromatic N) is 1. The Hall–Kier alpha value is -1.80. The number of carbonyl (C=O) groups excluding carboxylic acids is 1. The molecule has 0 unspecified atom stereocenters. The van der Waals surface area contributed by atoms with Crippen molar-refractivity contribution in [3.63, 3.8) is 0 Å². The molecule has 5 nitrogen and oxygen atoms in total. The van der Waals surface area contributed by atoms with Crippen molar-refractivity contribution in [2.24, 2.45) is 0 Å². The lowest BCUT2D eigenvalue weighted by molar-refractivity contribution is 0.167. The number of rotatable bonds is 5. The maximum absolute atomic E-state index is 13.3. The monoisotopic (exact) mass is 278 g/mol. The minimum Gasteiger partial charge on any atom is -0.395 e. The molecule has 3 N–H and O–H groups in total. The first kappa shape index (κ1) is 15.3. The maximum atomic E-state index is 13.3. The van der Waals surface area contributed by atoms with E-state index < -0.39 is 29.2 Å². The van der Waals surface area contributed by atoms with Gasteiger partial charge in [0.25, 0.3) is 0 Å². The number of hydrogen-bond donors (Lipinski definition) is 3. The maximum Gasteiger partial charge on any atom is 0.322 e. The van der Waals surface area contributed by atoms with E-state index >= 15 is 0 Å². The Kier molecular flexibility index (Phi) is 5.58. The number of halogens is 3. The Labute approximate surface area is 107 Å². The van der Waals surface area contributed by atoms with E-state index in [4.69, 9.17) is 10.2 Å². The zero-order valence-corrected chi connectivity index (χ0v) is 9.87. The lowest BCUT2D eigenvalue weighted by Gasteiger charge is -2.21. The van der Waals surface area contributed by atoms with Crippen molar-refractivity contribution in [1.29, 1.82) is 0 Å². The SMILES string of the molecule is O=C(Nc1ccc(F)c(F)c1F)N(CCO)CCO. The zero-order chi connectivity index (χ0) is 14.4. The summed E-state index contributed by atoms with van der Waals surface area (Å²) in [6.07, 6.45) is 0. The fraction of sp³-hybridized carbons (Fsp3) is 0.364. The molecule has 0 saturated carbocycles. The second-order valence-corrected chi connectivity index (χ2v) is 3.59. The van der Waals surface area contributed by atoms with Gasteiger partial charge >= 0.3 is 6.03 Å². The average molecular weight is 278 g/mol. The summed E-state index contributed by atoms with van der Waals surface area (Å²) in [5.41, 5.74) is -0.523. The highest BCUT2D eigenvalue weighted by molar-refractivity contribution is 5.89. The molecule has 0 bridgehead atoms. The van der Waals surface area contributed by atoms with Crippen LogP contribution in [0.2, 0.25) is 0 Å². The number of amides is 2. The Morgan fingerprint density at radius 3 is 2.21 bits per heavy atom. The van der Waals surface area contributed by atoms with Crippen molar-refractivity contribution in [1.82, 2.24) is 4.90 Å². The van der Waals surface area contributed by atoms with E-state index in [1.165, 1.54) is 0 Å². The van der Waals surface area contributed by atoms with Crippen LogP contribution in [0.15, 0.2) is 12.1 Å². The molecular formula is C11H13F3N2O3. The largest absolute Gasteiger partial charge is 0.395 e. The fourth-order valence-corrected chi connectivity index (χ4v) is 1.37. The Balaban J connectivity index is 2.83. The number of anilines is 1. The van der Waals surface area contributed by atoms with Crippen LogP contribution in [0, 0.1) is 17.5 Å². The van der Waals surface area contributed by atoms with Crippen LogP contribution in [0.3, 0.4) is 0 Å². The van der Waals surface area contributed by atoms with Gasteiger partial charge in [-0.15, -0.1) is 0 Å². The highest BCUT2D eigenvalue weighted by Crippen LogP contribution is 2.19. The van der Waals surface area contributed by atoms with Crippen LogP contribution < -0.4 is 5.32 Å². The van der Waals surface area contributed by atoms with Gasteiger partial charge in [0.15, 0.2) is 17.5 Å². The van der Waals surface area contributed by atoms with Gasteiger partial charge in [-0.25, -0.2) is 18.0 Å².